The summed E-state index contributed by atoms with van der Waals surface area (Å²) in [4.78, 5) is 0.363. The highest BCUT2D eigenvalue weighted by atomic mass is 35.5. The summed E-state index contributed by atoms with van der Waals surface area (Å²) in [6.45, 7) is 0. The highest BCUT2D eigenvalue weighted by molar-refractivity contribution is 7.80. The topological polar surface area (TPSA) is 35.2 Å². The summed E-state index contributed by atoms with van der Waals surface area (Å²) in [5, 5.41) is -0.229. The van der Waals surface area contributed by atoms with Crippen molar-refractivity contribution >= 4 is 29.9 Å². The lowest BCUT2D eigenvalue weighted by Gasteiger charge is -2.12. The third-order valence-electron chi connectivity index (χ3n) is 1.27. The Morgan fingerprint density at radius 1 is 1.36 bits per heavy atom. The Bertz CT molecular complexity index is 332. The van der Waals surface area contributed by atoms with Crippen LogP contribution in [0.1, 0.15) is 0 Å². The van der Waals surface area contributed by atoms with Gasteiger partial charge in [-0.25, -0.2) is 0 Å². The molecule has 2 N–H and O–H groups in total. The number of rotatable bonds is 1. The Balaban J connectivity index is 3.09. The zero-order valence-corrected chi connectivity index (χ0v) is 8.25. The molecule has 0 fully saturated rings. The molecule has 0 aromatic heterocycles. The molecule has 0 spiro atoms. The molecule has 0 aliphatic carbocycles. The molecule has 0 aliphatic rings. The van der Waals surface area contributed by atoms with E-state index in [-0.39, 0.29) is 10.7 Å². The van der Waals surface area contributed by atoms with Crippen molar-refractivity contribution in [1.29, 1.82) is 0 Å². The van der Waals surface area contributed by atoms with Gasteiger partial charge in [-0.15, -0.1) is 25.8 Å². The maximum absolute atomic E-state index is 11.8. The van der Waals surface area contributed by atoms with E-state index in [2.05, 4.69) is 17.4 Å². The lowest BCUT2D eigenvalue weighted by molar-refractivity contribution is -0.274. The van der Waals surface area contributed by atoms with Crippen molar-refractivity contribution in [3.63, 3.8) is 0 Å². The largest absolute Gasteiger partial charge is 0.573 e. The minimum atomic E-state index is -4.81. The summed E-state index contributed by atoms with van der Waals surface area (Å²) < 4.78 is 39.2. The van der Waals surface area contributed by atoms with E-state index in [1.807, 2.05) is 0 Å². The van der Waals surface area contributed by atoms with Crippen molar-refractivity contribution in [3.8, 4) is 5.75 Å². The SMILES string of the molecule is Nc1cc(S)cc(Cl)c1OC(F)(F)F. The van der Waals surface area contributed by atoms with Crippen LogP contribution in [0, 0.1) is 0 Å². The fourth-order valence-electron chi connectivity index (χ4n) is 0.823. The fourth-order valence-corrected chi connectivity index (χ4v) is 1.43. The number of hydrogen-bond donors (Lipinski definition) is 2. The van der Waals surface area contributed by atoms with E-state index in [1.54, 1.807) is 0 Å². The first-order valence-electron chi connectivity index (χ1n) is 3.33. The van der Waals surface area contributed by atoms with Gasteiger partial charge in [-0.3, -0.25) is 0 Å². The summed E-state index contributed by atoms with van der Waals surface area (Å²) in [6, 6.07) is 2.43. The Labute approximate surface area is 88.2 Å². The fraction of sp³-hybridized carbons (Fsp3) is 0.143. The number of halogens is 4. The summed E-state index contributed by atoms with van der Waals surface area (Å²) in [6.07, 6.45) is -4.81. The Hall–Kier alpha value is -0.750. The van der Waals surface area contributed by atoms with Gasteiger partial charge in [-0.1, -0.05) is 11.6 Å². The zero-order chi connectivity index (χ0) is 10.9. The highest BCUT2D eigenvalue weighted by Crippen LogP contribution is 2.37. The number of hydrogen-bond acceptors (Lipinski definition) is 3. The van der Waals surface area contributed by atoms with Gasteiger partial charge in [-0.2, -0.15) is 0 Å². The maximum atomic E-state index is 11.8. The van der Waals surface area contributed by atoms with Crippen LogP contribution in [0.5, 0.6) is 5.75 Å². The Morgan fingerprint density at radius 3 is 2.36 bits per heavy atom. The molecule has 0 unspecified atom stereocenters. The van der Waals surface area contributed by atoms with Gasteiger partial charge < -0.3 is 10.5 Å². The van der Waals surface area contributed by atoms with Gasteiger partial charge in [0.05, 0.1) is 10.7 Å². The number of anilines is 1. The van der Waals surface area contributed by atoms with Crippen LogP contribution < -0.4 is 10.5 Å². The molecule has 2 nitrogen and oxygen atoms in total. The van der Waals surface area contributed by atoms with Crippen molar-refractivity contribution in [2.24, 2.45) is 0 Å². The second-order valence-corrected chi connectivity index (χ2v) is 3.32. The van der Waals surface area contributed by atoms with Gasteiger partial charge >= 0.3 is 6.36 Å². The normalized spacial score (nSPS) is 11.5. The molecule has 1 aromatic carbocycles. The number of thiol groups is 1. The minimum Gasteiger partial charge on any atom is -0.402 e. The predicted molar refractivity (Wildman–Crippen MR) is 49.8 cm³/mol. The van der Waals surface area contributed by atoms with Gasteiger partial charge in [0, 0.05) is 4.90 Å². The predicted octanol–water partition coefficient (Wildman–Crippen LogP) is 3.11. The van der Waals surface area contributed by atoms with E-state index < -0.39 is 12.1 Å². The lowest BCUT2D eigenvalue weighted by Crippen LogP contribution is -2.18. The van der Waals surface area contributed by atoms with Gasteiger partial charge in [-0.05, 0) is 12.1 Å². The van der Waals surface area contributed by atoms with E-state index in [1.165, 1.54) is 12.1 Å². The van der Waals surface area contributed by atoms with E-state index in [4.69, 9.17) is 17.3 Å². The smallest absolute Gasteiger partial charge is 0.402 e. The van der Waals surface area contributed by atoms with Crippen LogP contribution in [0.3, 0.4) is 0 Å². The molecular weight excluding hydrogens is 239 g/mol. The minimum absolute atomic E-state index is 0.208. The van der Waals surface area contributed by atoms with Crippen LogP contribution in [0.2, 0.25) is 5.02 Å². The lowest BCUT2D eigenvalue weighted by atomic mass is 10.3. The van der Waals surface area contributed by atoms with Crippen molar-refractivity contribution in [3.05, 3.63) is 17.2 Å². The van der Waals surface area contributed by atoms with Crippen LogP contribution in [-0.4, -0.2) is 6.36 Å². The summed E-state index contributed by atoms with van der Waals surface area (Å²) in [5.41, 5.74) is 5.06. The first-order chi connectivity index (χ1) is 6.29. The molecule has 0 bridgehead atoms. The molecule has 0 atom stereocenters. The number of ether oxygens (including phenoxy) is 1. The Morgan fingerprint density at radius 2 is 1.93 bits per heavy atom. The standard InChI is InChI=1S/C7H5ClF3NOS/c8-4-1-3(14)2-5(12)6(4)13-7(9,10)11/h1-2,14H,12H2. The molecule has 1 aromatic rings. The molecule has 0 heterocycles. The van der Waals surface area contributed by atoms with E-state index in [0.29, 0.717) is 4.90 Å². The monoisotopic (exact) mass is 243 g/mol. The van der Waals surface area contributed by atoms with E-state index in [0.717, 1.165) is 0 Å². The van der Waals surface area contributed by atoms with Crippen LogP contribution in [0.15, 0.2) is 17.0 Å². The molecule has 0 radical (unpaired) electrons. The number of benzene rings is 1. The third kappa shape index (κ3) is 2.88. The average molecular weight is 244 g/mol. The van der Waals surface area contributed by atoms with Crippen molar-refractivity contribution in [2.45, 2.75) is 11.3 Å². The second kappa shape index (κ2) is 3.78. The van der Waals surface area contributed by atoms with Gasteiger partial charge in [0.25, 0.3) is 0 Å². The summed E-state index contributed by atoms with van der Waals surface area (Å²) >= 11 is 9.37. The van der Waals surface area contributed by atoms with Crippen LogP contribution >= 0.6 is 24.2 Å². The first kappa shape index (κ1) is 11.3. The zero-order valence-electron chi connectivity index (χ0n) is 6.60. The van der Waals surface area contributed by atoms with E-state index in [9.17, 15) is 13.2 Å². The molecule has 7 heteroatoms. The molecule has 78 valence electrons. The molecular formula is C7H5ClF3NOS. The Kier molecular flexibility index (Phi) is 3.06. The molecule has 0 saturated carbocycles. The maximum Gasteiger partial charge on any atom is 0.573 e. The summed E-state index contributed by atoms with van der Waals surface area (Å²) in [5.74, 6) is -0.600. The third-order valence-corrected chi connectivity index (χ3v) is 1.81. The molecule has 1 rings (SSSR count). The van der Waals surface area contributed by atoms with Crippen molar-refractivity contribution in [1.82, 2.24) is 0 Å². The number of nitrogen functional groups attached to an aromatic ring is 1. The first-order valence-corrected chi connectivity index (χ1v) is 4.16. The quantitative estimate of drug-likeness (QED) is 0.587. The molecule has 14 heavy (non-hydrogen) atoms. The van der Waals surface area contributed by atoms with Crippen LogP contribution in [-0.2, 0) is 0 Å². The van der Waals surface area contributed by atoms with Crippen molar-refractivity contribution in [2.75, 3.05) is 5.73 Å². The van der Waals surface area contributed by atoms with Gasteiger partial charge in [0.1, 0.15) is 0 Å². The number of alkyl halides is 3. The van der Waals surface area contributed by atoms with Gasteiger partial charge in [0.15, 0.2) is 5.75 Å². The van der Waals surface area contributed by atoms with Crippen LogP contribution in [0.4, 0.5) is 18.9 Å². The van der Waals surface area contributed by atoms with Gasteiger partial charge in [0.2, 0.25) is 0 Å². The van der Waals surface area contributed by atoms with Crippen molar-refractivity contribution < 1.29 is 17.9 Å². The highest BCUT2D eigenvalue weighted by Gasteiger charge is 2.33. The van der Waals surface area contributed by atoms with E-state index >= 15 is 0 Å². The molecule has 0 saturated heterocycles. The molecule has 0 aliphatic heterocycles. The summed E-state index contributed by atoms with van der Waals surface area (Å²) in [7, 11) is 0. The average Bonchev–Trinajstić information content (AvgIpc) is 1.95. The second-order valence-electron chi connectivity index (χ2n) is 2.39. The number of nitrogens with two attached hydrogens (primary N) is 1. The van der Waals surface area contributed by atoms with Crippen LogP contribution in [0.25, 0.3) is 0 Å². The molecule has 0 amide bonds.